The first-order valence-corrected chi connectivity index (χ1v) is 3.55. The van der Waals surface area contributed by atoms with Crippen LogP contribution in [0.4, 0.5) is 5.82 Å². The molecule has 0 amide bonds. The molecule has 1 aromatic heterocycles. The molecule has 1 heterocycles. The molecule has 1 aromatic rings. The lowest BCUT2D eigenvalue weighted by atomic mass is 10.4. The van der Waals surface area contributed by atoms with E-state index in [0.29, 0.717) is 0 Å². The number of anilines is 1. The Bertz CT molecular complexity index is 241. The van der Waals surface area contributed by atoms with Crippen LogP contribution in [0.2, 0.25) is 0 Å². The van der Waals surface area contributed by atoms with E-state index in [1.54, 1.807) is 13.4 Å². The van der Waals surface area contributed by atoms with Crippen LogP contribution in [-0.2, 0) is 7.05 Å². The molecule has 3 nitrogen and oxygen atoms in total. The number of rotatable bonds is 2. The van der Waals surface area contributed by atoms with Crippen LogP contribution in [0.25, 0.3) is 0 Å². The molecule has 1 rings (SSSR count). The maximum Gasteiger partial charge on any atom is 0.113 e. The van der Waals surface area contributed by atoms with Crippen molar-refractivity contribution in [2.24, 2.45) is 12.0 Å². The van der Waals surface area contributed by atoms with Crippen LogP contribution in [0.3, 0.4) is 0 Å². The highest BCUT2D eigenvalue weighted by Gasteiger charge is 1.98. The van der Waals surface area contributed by atoms with Crippen LogP contribution >= 0.6 is 0 Å². The third-order valence-electron chi connectivity index (χ3n) is 1.60. The molecular weight excluding hydrogens is 138 g/mol. The largest absolute Gasteiger partial charge is 0.337 e. The Kier molecular flexibility index (Phi) is 2.31. The van der Waals surface area contributed by atoms with E-state index < -0.39 is 0 Å². The molecule has 11 heavy (non-hydrogen) atoms. The van der Waals surface area contributed by atoms with E-state index in [0.717, 1.165) is 5.82 Å². The molecule has 0 aliphatic carbocycles. The average Bonchev–Trinajstić information content (AvgIpc) is 2.29. The molecule has 0 aliphatic heterocycles. The summed E-state index contributed by atoms with van der Waals surface area (Å²) in [5, 5.41) is 3.08. The first kappa shape index (κ1) is 7.85. The Morgan fingerprint density at radius 1 is 1.64 bits per heavy atom. The summed E-state index contributed by atoms with van der Waals surface area (Å²) in [6, 6.07) is 2.06. The molecule has 0 atom stereocenters. The highest BCUT2D eigenvalue weighted by molar-refractivity contribution is 5.75. The number of aromatic nitrogens is 1. The van der Waals surface area contributed by atoms with Crippen molar-refractivity contribution in [3.8, 4) is 0 Å². The van der Waals surface area contributed by atoms with Crippen molar-refractivity contribution in [3.05, 3.63) is 17.8 Å². The van der Waals surface area contributed by atoms with Crippen LogP contribution in [-0.4, -0.2) is 18.0 Å². The fourth-order valence-corrected chi connectivity index (χ4v) is 0.997. The van der Waals surface area contributed by atoms with Crippen molar-refractivity contribution in [2.45, 2.75) is 6.92 Å². The smallest absolute Gasteiger partial charge is 0.113 e. The third kappa shape index (κ3) is 1.61. The fourth-order valence-electron chi connectivity index (χ4n) is 0.997. The van der Waals surface area contributed by atoms with Crippen molar-refractivity contribution in [1.29, 1.82) is 0 Å². The topological polar surface area (TPSA) is 29.3 Å². The number of aryl methyl sites for hydroxylation is 2. The van der Waals surface area contributed by atoms with Crippen molar-refractivity contribution in [2.75, 3.05) is 12.4 Å². The standard InChI is InChI=1S/C8H13N3/c1-7-4-5-11(3)8(7)10-6-9-2/h4-6H,1-3H3,(H,9,10). The highest BCUT2D eigenvalue weighted by atomic mass is 15.1. The molecule has 3 heteroatoms. The third-order valence-corrected chi connectivity index (χ3v) is 1.60. The second kappa shape index (κ2) is 3.23. The lowest BCUT2D eigenvalue weighted by Crippen LogP contribution is -2.01. The van der Waals surface area contributed by atoms with Gasteiger partial charge >= 0.3 is 0 Å². The van der Waals surface area contributed by atoms with Crippen LogP contribution in [0, 0.1) is 6.92 Å². The minimum absolute atomic E-state index is 1.09. The summed E-state index contributed by atoms with van der Waals surface area (Å²) >= 11 is 0. The van der Waals surface area contributed by atoms with Crippen molar-refractivity contribution >= 4 is 12.2 Å². The second-order valence-electron chi connectivity index (χ2n) is 2.49. The molecule has 0 bridgehead atoms. The summed E-state index contributed by atoms with van der Waals surface area (Å²) in [4.78, 5) is 3.84. The Balaban J connectivity index is 2.83. The Morgan fingerprint density at radius 3 is 2.82 bits per heavy atom. The van der Waals surface area contributed by atoms with Gasteiger partial charge in [0.2, 0.25) is 0 Å². The van der Waals surface area contributed by atoms with Gasteiger partial charge < -0.3 is 9.88 Å². The molecule has 0 saturated carbocycles. The molecule has 0 aliphatic rings. The molecule has 0 unspecified atom stereocenters. The monoisotopic (exact) mass is 151 g/mol. The van der Waals surface area contributed by atoms with Gasteiger partial charge in [-0.25, -0.2) is 0 Å². The zero-order chi connectivity index (χ0) is 8.27. The lowest BCUT2D eigenvalue weighted by Gasteiger charge is -2.02. The van der Waals surface area contributed by atoms with Crippen LogP contribution in [0.1, 0.15) is 5.56 Å². The number of hydrogen-bond donors (Lipinski definition) is 1. The summed E-state index contributed by atoms with van der Waals surface area (Å²) in [5.41, 5.74) is 1.23. The number of hydrogen-bond acceptors (Lipinski definition) is 1. The van der Waals surface area contributed by atoms with Gasteiger partial charge in [0.05, 0.1) is 6.34 Å². The predicted molar refractivity (Wildman–Crippen MR) is 48.2 cm³/mol. The molecular formula is C8H13N3. The molecule has 0 saturated heterocycles. The minimum Gasteiger partial charge on any atom is -0.337 e. The normalized spacial score (nSPS) is 10.8. The maximum absolute atomic E-state index is 3.84. The first-order valence-electron chi connectivity index (χ1n) is 3.55. The van der Waals surface area contributed by atoms with E-state index >= 15 is 0 Å². The Hall–Kier alpha value is -1.25. The summed E-state index contributed by atoms with van der Waals surface area (Å²) in [5.74, 6) is 1.09. The summed E-state index contributed by atoms with van der Waals surface area (Å²) in [6.45, 7) is 2.06. The van der Waals surface area contributed by atoms with Gasteiger partial charge in [-0.3, -0.25) is 4.99 Å². The highest BCUT2D eigenvalue weighted by Crippen LogP contribution is 2.12. The van der Waals surface area contributed by atoms with Gasteiger partial charge in [-0.15, -0.1) is 0 Å². The van der Waals surface area contributed by atoms with Crippen LogP contribution in [0.5, 0.6) is 0 Å². The van der Waals surface area contributed by atoms with Gasteiger partial charge in [0.25, 0.3) is 0 Å². The molecule has 0 radical (unpaired) electrons. The summed E-state index contributed by atoms with van der Waals surface area (Å²) < 4.78 is 2.02. The predicted octanol–water partition coefficient (Wildman–Crippen LogP) is 1.40. The zero-order valence-electron chi connectivity index (χ0n) is 7.13. The second-order valence-corrected chi connectivity index (χ2v) is 2.49. The SMILES string of the molecule is CN=CNc1c(C)ccn1C. The van der Waals surface area contributed by atoms with E-state index in [4.69, 9.17) is 0 Å². The van der Waals surface area contributed by atoms with Gasteiger partial charge in [0.1, 0.15) is 5.82 Å². The average molecular weight is 151 g/mol. The van der Waals surface area contributed by atoms with Gasteiger partial charge in [-0.1, -0.05) is 0 Å². The van der Waals surface area contributed by atoms with Gasteiger partial charge in [0.15, 0.2) is 0 Å². The van der Waals surface area contributed by atoms with Gasteiger partial charge in [-0.05, 0) is 18.6 Å². The molecule has 1 N–H and O–H groups in total. The van der Waals surface area contributed by atoms with E-state index in [1.165, 1.54) is 5.56 Å². The Morgan fingerprint density at radius 2 is 2.36 bits per heavy atom. The van der Waals surface area contributed by atoms with Crippen molar-refractivity contribution in [3.63, 3.8) is 0 Å². The molecule has 0 aromatic carbocycles. The summed E-state index contributed by atoms with van der Waals surface area (Å²) in [7, 11) is 3.74. The number of aliphatic imine (C=N–C) groups is 1. The number of nitrogens with one attached hydrogen (secondary N) is 1. The summed E-state index contributed by atoms with van der Waals surface area (Å²) in [6.07, 6.45) is 3.70. The van der Waals surface area contributed by atoms with E-state index in [1.807, 2.05) is 17.8 Å². The van der Waals surface area contributed by atoms with E-state index in [9.17, 15) is 0 Å². The van der Waals surface area contributed by atoms with Gasteiger partial charge in [0, 0.05) is 20.3 Å². The Labute approximate surface area is 66.8 Å². The van der Waals surface area contributed by atoms with Crippen molar-refractivity contribution in [1.82, 2.24) is 4.57 Å². The van der Waals surface area contributed by atoms with Crippen LogP contribution < -0.4 is 5.32 Å². The molecule has 0 fully saturated rings. The van der Waals surface area contributed by atoms with Crippen LogP contribution in [0.15, 0.2) is 17.3 Å². The van der Waals surface area contributed by atoms with Gasteiger partial charge in [-0.2, -0.15) is 0 Å². The molecule has 60 valence electrons. The first-order chi connectivity index (χ1) is 5.25. The molecule has 0 spiro atoms. The number of nitrogens with zero attached hydrogens (tertiary/aromatic N) is 2. The van der Waals surface area contributed by atoms with E-state index in [-0.39, 0.29) is 0 Å². The fraction of sp³-hybridized carbons (Fsp3) is 0.375. The quantitative estimate of drug-likeness (QED) is 0.502. The lowest BCUT2D eigenvalue weighted by molar-refractivity contribution is 0.937. The minimum atomic E-state index is 1.09. The zero-order valence-corrected chi connectivity index (χ0v) is 7.13. The van der Waals surface area contributed by atoms with Crippen molar-refractivity contribution < 1.29 is 0 Å². The van der Waals surface area contributed by atoms with E-state index in [2.05, 4.69) is 23.3 Å². The maximum atomic E-state index is 3.84.